The maximum Gasteiger partial charge on any atom is 0.258 e. The zero-order chi connectivity index (χ0) is 18.8. The second-order valence-corrected chi connectivity index (χ2v) is 7.13. The highest BCUT2D eigenvalue weighted by Gasteiger charge is 2.15. The molecule has 0 unspecified atom stereocenters. The molecule has 0 amide bonds. The summed E-state index contributed by atoms with van der Waals surface area (Å²) in [5, 5.41) is 10.2. The summed E-state index contributed by atoms with van der Waals surface area (Å²) < 4.78 is 2.09. The zero-order valence-electron chi connectivity index (χ0n) is 15.1. The highest BCUT2D eigenvalue weighted by Crippen LogP contribution is 2.27. The number of fused-ring (bicyclic) bond motifs is 1. The Morgan fingerprint density at radius 3 is 2.67 bits per heavy atom. The minimum Gasteiger partial charge on any atom is -0.309 e. The van der Waals surface area contributed by atoms with Crippen molar-refractivity contribution >= 4 is 22.7 Å². The van der Waals surface area contributed by atoms with Gasteiger partial charge in [0.2, 0.25) is 0 Å². The summed E-state index contributed by atoms with van der Waals surface area (Å²) in [7, 11) is 0. The lowest BCUT2D eigenvalue weighted by atomic mass is 10.1. The minimum absolute atomic E-state index is 0.117. The van der Waals surface area contributed by atoms with Gasteiger partial charge in [-0.3, -0.25) is 4.79 Å². The first-order valence-corrected chi connectivity index (χ1v) is 9.76. The Hall–Kier alpha value is -2.93. The van der Waals surface area contributed by atoms with E-state index in [1.54, 1.807) is 6.07 Å². The van der Waals surface area contributed by atoms with Crippen molar-refractivity contribution in [2.75, 3.05) is 0 Å². The van der Waals surface area contributed by atoms with E-state index in [0.717, 1.165) is 28.7 Å². The van der Waals surface area contributed by atoms with Gasteiger partial charge in [0.15, 0.2) is 11.0 Å². The van der Waals surface area contributed by atoms with Gasteiger partial charge in [-0.05, 0) is 31.5 Å². The number of para-hydroxylation sites is 1. The summed E-state index contributed by atoms with van der Waals surface area (Å²) in [6, 6.07) is 15.5. The van der Waals surface area contributed by atoms with Crippen LogP contribution in [0.4, 0.5) is 0 Å². The van der Waals surface area contributed by atoms with E-state index in [9.17, 15) is 4.79 Å². The molecule has 7 heteroatoms. The summed E-state index contributed by atoms with van der Waals surface area (Å²) in [6.45, 7) is 4.91. The van der Waals surface area contributed by atoms with Crippen LogP contribution in [0.25, 0.3) is 22.3 Å². The minimum atomic E-state index is -0.117. The smallest absolute Gasteiger partial charge is 0.258 e. The molecule has 0 saturated carbocycles. The van der Waals surface area contributed by atoms with Crippen molar-refractivity contribution in [3.05, 3.63) is 70.3 Å². The van der Waals surface area contributed by atoms with Gasteiger partial charge < -0.3 is 9.55 Å². The highest BCUT2D eigenvalue weighted by molar-refractivity contribution is 7.98. The molecule has 0 aliphatic carbocycles. The van der Waals surface area contributed by atoms with Crippen molar-refractivity contribution in [2.24, 2.45) is 0 Å². The van der Waals surface area contributed by atoms with E-state index in [4.69, 9.17) is 0 Å². The number of aryl methyl sites for hydroxylation is 1. The normalized spacial score (nSPS) is 11.2. The Morgan fingerprint density at radius 2 is 1.85 bits per heavy atom. The second kappa shape index (κ2) is 7.36. The fourth-order valence-electron chi connectivity index (χ4n) is 3.04. The first-order valence-electron chi connectivity index (χ1n) is 8.77. The molecule has 2 aromatic heterocycles. The van der Waals surface area contributed by atoms with Gasteiger partial charge in [0.1, 0.15) is 5.82 Å². The van der Waals surface area contributed by atoms with Crippen LogP contribution in [0, 0.1) is 6.92 Å². The summed E-state index contributed by atoms with van der Waals surface area (Å²) >= 11 is 1.52. The van der Waals surface area contributed by atoms with Crippen molar-refractivity contribution in [1.82, 2.24) is 24.7 Å². The maximum absolute atomic E-state index is 12.2. The van der Waals surface area contributed by atoms with Gasteiger partial charge in [0, 0.05) is 12.1 Å². The fourth-order valence-corrected chi connectivity index (χ4v) is 3.91. The SMILES string of the molecule is CCn1c(SCc2nc3ccccc3c(=O)[nH]2)nnc1-c1ccccc1C. The molecule has 0 radical (unpaired) electrons. The van der Waals surface area contributed by atoms with Gasteiger partial charge >= 0.3 is 0 Å². The summed E-state index contributed by atoms with van der Waals surface area (Å²) in [5.74, 6) is 2.01. The van der Waals surface area contributed by atoms with Crippen LogP contribution in [-0.2, 0) is 12.3 Å². The van der Waals surface area contributed by atoms with Gasteiger partial charge in [-0.25, -0.2) is 4.98 Å². The average Bonchev–Trinajstić information content (AvgIpc) is 3.09. The van der Waals surface area contributed by atoms with Gasteiger partial charge in [-0.15, -0.1) is 10.2 Å². The molecule has 0 fully saturated rings. The van der Waals surface area contributed by atoms with Crippen molar-refractivity contribution < 1.29 is 0 Å². The third-order valence-corrected chi connectivity index (χ3v) is 5.40. The number of benzene rings is 2. The molecule has 4 rings (SSSR count). The molecule has 0 aliphatic heterocycles. The van der Waals surface area contributed by atoms with Gasteiger partial charge in [0.25, 0.3) is 5.56 Å². The van der Waals surface area contributed by atoms with E-state index in [0.29, 0.717) is 22.5 Å². The maximum atomic E-state index is 12.2. The number of hydrogen-bond donors (Lipinski definition) is 1. The van der Waals surface area contributed by atoms with E-state index in [1.807, 2.05) is 30.3 Å². The number of nitrogens with one attached hydrogen (secondary N) is 1. The Bertz CT molecular complexity index is 1160. The van der Waals surface area contributed by atoms with Gasteiger partial charge in [-0.1, -0.05) is 48.2 Å². The standard InChI is InChI=1S/C20H19N5OS/c1-3-25-18(14-9-5-4-8-13(14)2)23-24-20(25)27-12-17-21-16-11-7-6-10-15(16)19(26)22-17/h4-11H,3,12H2,1-2H3,(H,21,22,26). The molecule has 0 spiro atoms. The van der Waals surface area contributed by atoms with Crippen LogP contribution in [0.5, 0.6) is 0 Å². The molecule has 6 nitrogen and oxygen atoms in total. The number of thioether (sulfide) groups is 1. The molecule has 0 saturated heterocycles. The first kappa shape index (κ1) is 17.5. The topological polar surface area (TPSA) is 76.5 Å². The largest absolute Gasteiger partial charge is 0.309 e. The Kier molecular flexibility index (Phi) is 4.77. The Morgan fingerprint density at radius 1 is 1.07 bits per heavy atom. The van der Waals surface area contributed by atoms with E-state index in [2.05, 4.69) is 50.7 Å². The number of hydrogen-bond acceptors (Lipinski definition) is 5. The molecule has 1 N–H and O–H groups in total. The monoisotopic (exact) mass is 377 g/mol. The molecule has 27 heavy (non-hydrogen) atoms. The van der Waals surface area contributed by atoms with Crippen LogP contribution >= 0.6 is 11.8 Å². The van der Waals surface area contributed by atoms with Crippen molar-refractivity contribution in [1.29, 1.82) is 0 Å². The predicted molar refractivity (Wildman–Crippen MR) is 108 cm³/mol. The van der Waals surface area contributed by atoms with Crippen molar-refractivity contribution in [3.8, 4) is 11.4 Å². The molecular weight excluding hydrogens is 358 g/mol. The summed E-state index contributed by atoms with van der Waals surface area (Å²) in [6.07, 6.45) is 0. The van der Waals surface area contributed by atoms with Gasteiger partial charge in [-0.2, -0.15) is 0 Å². The molecule has 0 atom stereocenters. The van der Waals surface area contributed by atoms with Crippen molar-refractivity contribution in [2.45, 2.75) is 31.3 Å². The first-order chi connectivity index (χ1) is 13.2. The van der Waals surface area contributed by atoms with Crippen LogP contribution < -0.4 is 5.56 Å². The molecule has 136 valence electrons. The van der Waals surface area contributed by atoms with E-state index in [1.165, 1.54) is 11.8 Å². The zero-order valence-corrected chi connectivity index (χ0v) is 16.0. The Labute approximate surface area is 160 Å². The van der Waals surface area contributed by atoms with E-state index >= 15 is 0 Å². The van der Waals surface area contributed by atoms with Crippen LogP contribution in [0.3, 0.4) is 0 Å². The Balaban J connectivity index is 1.63. The number of rotatable bonds is 5. The third kappa shape index (κ3) is 3.38. The number of aromatic nitrogens is 5. The van der Waals surface area contributed by atoms with Crippen LogP contribution in [0.1, 0.15) is 18.3 Å². The molecular formula is C20H19N5OS. The molecule has 2 aromatic carbocycles. The summed E-state index contributed by atoms with van der Waals surface area (Å²) in [5.41, 5.74) is 2.83. The third-order valence-electron chi connectivity index (χ3n) is 4.42. The van der Waals surface area contributed by atoms with E-state index in [-0.39, 0.29) is 5.56 Å². The van der Waals surface area contributed by atoms with Crippen LogP contribution in [0.15, 0.2) is 58.5 Å². The second-order valence-electron chi connectivity index (χ2n) is 6.18. The lowest BCUT2D eigenvalue weighted by molar-refractivity contribution is 0.686. The van der Waals surface area contributed by atoms with Crippen LogP contribution in [-0.4, -0.2) is 24.7 Å². The molecule has 2 heterocycles. The van der Waals surface area contributed by atoms with Crippen molar-refractivity contribution in [3.63, 3.8) is 0 Å². The molecule has 4 aromatic rings. The lowest BCUT2D eigenvalue weighted by Crippen LogP contribution is -2.11. The van der Waals surface area contributed by atoms with Gasteiger partial charge in [0.05, 0.1) is 16.7 Å². The molecule has 0 bridgehead atoms. The molecule has 0 aliphatic rings. The van der Waals surface area contributed by atoms with Crippen LogP contribution in [0.2, 0.25) is 0 Å². The summed E-state index contributed by atoms with van der Waals surface area (Å²) in [4.78, 5) is 19.6. The predicted octanol–water partition coefficient (Wildman–Crippen LogP) is 3.80. The number of aromatic amines is 1. The lowest BCUT2D eigenvalue weighted by Gasteiger charge is -2.09. The number of nitrogens with zero attached hydrogens (tertiary/aromatic N) is 4. The fraction of sp³-hybridized carbons (Fsp3) is 0.200. The number of H-pyrrole nitrogens is 1. The average molecular weight is 377 g/mol. The van der Waals surface area contributed by atoms with E-state index < -0.39 is 0 Å². The highest BCUT2D eigenvalue weighted by atomic mass is 32.2. The quantitative estimate of drug-likeness (QED) is 0.535.